The fourth-order valence-corrected chi connectivity index (χ4v) is 4.39. The number of methoxy groups -OCH3 is 1. The monoisotopic (exact) mass is 460 g/mol. The summed E-state index contributed by atoms with van der Waals surface area (Å²) in [6.45, 7) is 3.86. The van der Waals surface area contributed by atoms with Crippen molar-refractivity contribution in [3.63, 3.8) is 0 Å². The summed E-state index contributed by atoms with van der Waals surface area (Å²) in [6.07, 6.45) is 0.785. The number of nitrogens with zero attached hydrogens (tertiary/aromatic N) is 2. The molecule has 170 valence electrons. The number of nitrogens with one attached hydrogen (secondary N) is 2. The Morgan fingerprint density at radius 2 is 1.84 bits per heavy atom. The molecule has 0 aliphatic carbocycles. The normalized spacial score (nSPS) is 11.3. The van der Waals surface area contributed by atoms with Gasteiger partial charge in [0.15, 0.2) is 0 Å². The van der Waals surface area contributed by atoms with Crippen LogP contribution in [-0.2, 0) is 28.3 Å². The first-order chi connectivity index (χ1) is 15.1. The summed E-state index contributed by atoms with van der Waals surface area (Å²) in [4.78, 5) is 12.4. The number of carbonyl (C=O) groups is 1. The van der Waals surface area contributed by atoms with Crippen LogP contribution in [0.25, 0.3) is 0 Å². The van der Waals surface area contributed by atoms with Crippen molar-refractivity contribution >= 4 is 27.3 Å². The van der Waals surface area contributed by atoms with Gasteiger partial charge in [-0.05, 0) is 68.3 Å². The first-order valence-corrected chi connectivity index (χ1v) is 11.3. The van der Waals surface area contributed by atoms with Crippen LogP contribution in [0.2, 0.25) is 0 Å². The number of hydrogen-bond donors (Lipinski definition) is 2. The number of aryl methyl sites for hydroxylation is 2. The standard InChI is InChI=1S/C22H25FN4O4S/c1-14-19(15(2)27(3)25-14)10-12-22(28)24-17-7-11-21(31-4)20(13-17)26-32(29,30)18-8-5-16(23)6-9-18/h5-9,11,13,26H,10,12H2,1-4H3,(H,24,28). The Morgan fingerprint density at radius 1 is 1.16 bits per heavy atom. The van der Waals surface area contributed by atoms with Gasteiger partial charge in [0.25, 0.3) is 10.0 Å². The molecule has 1 amide bonds. The lowest BCUT2D eigenvalue weighted by Crippen LogP contribution is -2.15. The fourth-order valence-electron chi connectivity index (χ4n) is 3.32. The van der Waals surface area contributed by atoms with E-state index in [1.807, 2.05) is 20.9 Å². The summed E-state index contributed by atoms with van der Waals surface area (Å²) < 4.78 is 47.9. The molecule has 0 unspecified atom stereocenters. The smallest absolute Gasteiger partial charge is 0.262 e. The van der Waals surface area contributed by atoms with E-state index in [9.17, 15) is 17.6 Å². The number of halogens is 1. The molecule has 0 bridgehead atoms. The lowest BCUT2D eigenvalue weighted by Gasteiger charge is -2.14. The van der Waals surface area contributed by atoms with Gasteiger partial charge in [-0.2, -0.15) is 5.10 Å². The second kappa shape index (κ2) is 9.39. The number of carbonyl (C=O) groups excluding carboxylic acids is 1. The summed E-state index contributed by atoms with van der Waals surface area (Å²) in [7, 11) is -0.717. The molecule has 2 N–H and O–H groups in total. The van der Waals surface area contributed by atoms with Crippen molar-refractivity contribution in [1.82, 2.24) is 9.78 Å². The molecule has 3 aromatic rings. The summed E-state index contributed by atoms with van der Waals surface area (Å²) in [6, 6.07) is 9.09. The maximum absolute atomic E-state index is 13.1. The fraction of sp³-hybridized carbons (Fsp3) is 0.273. The average molecular weight is 461 g/mol. The van der Waals surface area contributed by atoms with Crippen molar-refractivity contribution < 1.29 is 22.3 Å². The van der Waals surface area contributed by atoms with Gasteiger partial charge in [0, 0.05) is 24.8 Å². The quantitative estimate of drug-likeness (QED) is 0.535. The molecule has 0 aliphatic rings. The predicted octanol–water partition coefficient (Wildman–Crippen LogP) is 3.56. The lowest BCUT2D eigenvalue weighted by molar-refractivity contribution is -0.116. The number of sulfonamides is 1. The largest absolute Gasteiger partial charge is 0.495 e. The molecular weight excluding hydrogens is 435 g/mol. The summed E-state index contributed by atoms with van der Waals surface area (Å²) in [5, 5.41) is 7.13. The summed E-state index contributed by atoms with van der Waals surface area (Å²) in [5.41, 5.74) is 3.49. The van der Waals surface area contributed by atoms with E-state index in [0.717, 1.165) is 41.2 Å². The molecule has 0 aliphatic heterocycles. The van der Waals surface area contributed by atoms with Crippen molar-refractivity contribution in [2.24, 2.45) is 7.05 Å². The van der Waals surface area contributed by atoms with Gasteiger partial charge in [0.05, 0.1) is 23.4 Å². The highest BCUT2D eigenvalue weighted by atomic mass is 32.2. The van der Waals surface area contributed by atoms with Gasteiger partial charge in [0.1, 0.15) is 11.6 Å². The maximum atomic E-state index is 13.1. The molecule has 10 heteroatoms. The summed E-state index contributed by atoms with van der Waals surface area (Å²) >= 11 is 0. The minimum absolute atomic E-state index is 0.0994. The van der Waals surface area contributed by atoms with Crippen LogP contribution < -0.4 is 14.8 Å². The van der Waals surface area contributed by atoms with Crippen LogP contribution in [0.3, 0.4) is 0 Å². The molecule has 32 heavy (non-hydrogen) atoms. The highest BCUT2D eigenvalue weighted by molar-refractivity contribution is 7.92. The molecule has 8 nitrogen and oxygen atoms in total. The van der Waals surface area contributed by atoms with Crippen LogP contribution in [0.4, 0.5) is 15.8 Å². The average Bonchev–Trinajstić information content (AvgIpc) is 2.98. The molecule has 0 saturated heterocycles. The van der Waals surface area contributed by atoms with Crippen LogP contribution in [0.15, 0.2) is 47.4 Å². The second-order valence-corrected chi connectivity index (χ2v) is 8.98. The van der Waals surface area contributed by atoms with Crippen LogP contribution in [0.5, 0.6) is 5.75 Å². The third kappa shape index (κ3) is 5.25. The van der Waals surface area contributed by atoms with Gasteiger partial charge in [-0.15, -0.1) is 0 Å². The van der Waals surface area contributed by atoms with Gasteiger partial charge >= 0.3 is 0 Å². The Kier molecular flexibility index (Phi) is 6.83. The van der Waals surface area contributed by atoms with Crippen molar-refractivity contribution in [1.29, 1.82) is 0 Å². The van der Waals surface area contributed by atoms with Gasteiger partial charge in [-0.1, -0.05) is 0 Å². The van der Waals surface area contributed by atoms with Gasteiger partial charge in [-0.25, -0.2) is 12.8 Å². The van der Waals surface area contributed by atoms with Crippen molar-refractivity contribution in [2.75, 3.05) is 17.1 Å². The highest BCUT2D eigenvalue weighted by Gasteiger charge is 2.18. The molecule has 0 saturated carbocycles. The lowest BCUT2D eigenvalue weighted by atomic mass is 10.1. The Bertz CT molecular complexity index is 1240. The van der Waals surface area contributed by atoms with Gasteiger partial charge in [0.2, 0.25) is 5.91 Å². The zero-order valence-electron chi connectivity index (χ0n) is 18.3. The number of ether oxygens (including phenoxy) is 1. The van der Waals surface area contributed by atoms with Crippen molar-refractivity contribution in [3.8, 4) is 5.75 Å². The first kappa shape index (κ1) is 23.3. The molecule has 0 radical (unpaired) electrons. The van der Waals surface area contributed by atoms with E-state index >= 15 is 0 Å². The number of rotatable bonds is 8. The van der Waals surface area contributed by atoms with Crippen molar-refractivity contribution in [2.45, 2.75) is 31.6 Å². The van der Waals surface area contributed by atoms with Gasteiger partial charge < -0.3 is 10.1 Å². The van der Waals surface area contributed by atoms with E-state index in [-0.39, 0.29) is 28.7 Å². The van der Waals surface area contributed by atoms with Crippen molar-refractivity contribution in [3.05, 3.63) is 65.2 Å². The van der Waals surface area contributed by atoms with Crippen LogP contribution >= 0.6 is 0 Å². The number of benzene rings is 2. The minimum atomic E-state index is -3.98. The predicted molar refractivity (Wildman–Crippen MR) is 120 cm³/mol. The third-order valence-electron chi connectivity index (χ3n) is 5.11. The Hall–Kier alpha value is -3.40. The zero-order valence-corrected chi connectivity index (χ0v) is 19.1. The van der Waals surface area contributed by atoms with E-state index < -0.39 is 15.8 Å². The molecule has 0 spiro atoms. The molecular formula is C22H25FN4O4S. The topological polar surface area (TPSA) is 102 Å². The maximum Gasteiger partial charge on any atom is 0.262 e. The molecule has 0 fully saturated rings. The number of anilines is 2. The number of hydrogen-bond acceptors (Lipinski definition) is 5. The van der Waals surface area contributed by atoms with Crippen LogP contribution in [0, 0.1) is 19.7 Å². The van der Waals surface area contributed by atoms with E-state index in [2.05, 4.69) is 15.1 Å². The zero-order chi connectivity index (χ0) is 23.5. The van der Waals surface area contributed by atoms with E-state index in [0.29, 0.717) is 12.1 Å². The molecule has 1 heterocycles. The van der Waals surface area contributed by atoms with Crippen LogP contribution in [0.1, 0.15) is 23.4 Å². The van der Waals surface area contributed by atoms with E-state index in [4.69, 9.17) is 4.74 Å². The number of amides is 1. The Morgan fingerprint density at radius 3 is 2.44 bits per heavy atom. The Labute approximate surface area is 186 Å². The van der Waals surface area contributed by atoms with E-state index in [1.54, 1.807) is 16.8 Å². The number of aromatic nitrogens is 2. The van der Waals surface area contributed by atoms with Gasteiger partial charge in [-0.3, -0.25) is 14.2 Å². The Balaban J connectivity index is 1.74. The minimum Gasteiger partial charge on any atom is -0.495 e. The highest BCUT2D eigenvalue weighted by Crippen LogP contribution is 2.30. The SMILES string of the molecule is COc1ccc(NC(=O)CCc2c(C)nn(C)c2C)cc1NS(=O)(=O)c1ccc(F)cc1. The first-order valence-electron chi connectivity index (χ1n) is 9.86. The molecule has 0 atom stereocenters. The second-order valence-electron chi connectivity index (χ2n) is 7.30. The van der Waals surface area contributed by atoms with Crippen LogP contribution in [-0.4, -0.2) is 31.2 Å². The summed E-state index contributed by atoms with van der Waals surface area (Å²) in [5.74, 6) is -0.483. The molecule has 1 aromatic heterocycles. The molecule has 2 aromatic carbocycles. The molecule has 3 rings (SSSR count). The third-order valence-corrected chi connectivity index (χ3v) is 6.49. The van der Waals surface area contributed by atoms with E-state index in [1.165, 1.54) is 13.2 Å².